The van der Waals surface area contributed by atoms with Gasteiger partial charge >= 0.3 is 5.82 Å². The molecule has 18 heavy (non-hydrogen) atoms. The lowest BCUT2D eigenvalue weighted by atomic mass is 10.2. The first kappa shape index (κ1) is 11.4. The molecule has 3 rings (SSSR count). The van der Waals surface area contributed by atoms with Gasteiger partial charge in [-0.2, -0.15) is 9.38 Å². The van der Waals surface area contributed by atoms with Crippen LogP contribution in [0, 0.1) is 10.1 Å². The second kappa shape index (κ2) is 4.21. The lowest BCUT2D eigenvalue weighted by molar-refractivity contribution is -0.389. The summed E-state index contributed by atoms with van der Waals surface area (Å²) in [6.07, 6.45) is 2.67. The Morgan fingerprint density at radius 1 is 1.72 bits per heavy atom. The second-order valence-electron chi connectivity index (χ2n) is 4.33. The molecule has 2 aromatic rings. The van der Waals surface area contributed by atoms with Gasteiger partial charge in [-0.05, 0) is 17.9 Å². The van der Waals surface area contributed by atoms with Crippen molar-refractivity contribution in [2.24, 2.45) is 0 Å². The van der Waals surface area contributed by atoms with Crippen molar-refractivity contribution in [3.05, 3.63) is 21.7 Å². The third-order valence-electron chi connectivity index (χ3n) is 3.31. The predicted octanol–water partition coefficient (Wildman–Crippen LogP) is 1.10. The monoisotopic (exact) mass is 267 g/mol. The molecule has 1 unspecified atom stereocenters. The van der Waals surface area contributed by atoms with E-state index in [0.717, 1.165) is 19.5 Å². The Labute approximate surface area is 107 Å². The fourth-order valence-corrected chi connectivity index (χ4v) is 3.02. The normalized spacial score (nSPS) is 19.5. The summed E-state index contributed by atoms with van der Waals surface area (Å²) in [5.74, 6) is 0.515. The van der Waals surface area contributed by atoms with Gasteiger partial charge in [0.05, 0.1) is 0 Å². The Morgan fingerprint density at radius 2 is 2.56 bits per heavy atom. The number of fused-ring (bicyclic) bond motifs is 1. The number of rotatable bonds is 3. The Bertz CT molecular complexity index is 586. The maximum atomic E-state index is 11.2. The van der Waals surface area contributed by atoms with Crippen LogP contribution < -0.4 is 10.2 Å². The van der Waals surface area contributed by atoms with Crippen molar-refractivity contribution in [2.75, 3.05) is 25.0 Å². The average molecular weight is 267 g/mol. The number of likely N-dealkylation sites (N-methyl/N-ethyl adjacent to an activating group) is 1. The van der Waals surface area contributed by atoms with E-state index in [1.165, 1.54) is 11.3 Å². The van der Waals surface area contributed by atoms with E-state index in [1.807, 2.05) is 11.9 Å². The predicted molar refractivity (Wildman–Crippen MR) is 69.4 cm³/mol. The van der Waals surface area contributed by atoms with E-state index in [9.17, 15) is 10.1 Å². The van der Waals surface area contributed by atoms with Gasteiger partial charge in [-0.15, -0.1) is 0 Å². The third-order valence-corrected chi connectivity index (χ3v) is 4.06. The van der Waals surface area contributed by atoms with Crippen LogP contribution in [0.3, 0.4) is 0 Å². The zero-order valence-corrected chi connectivity index (χ0v) is 10.7. The first-order valence-corrected chi connectivity index (χ1v) is 6.60. The molecule has 0 aromatic carbocycles. The molecule has 1 fully saturated rings. The summed E-state index contributed by atoms with van der Waals surface area (Å²) >= 11 is 1.40. The fourth-order valence-electron chi connectivity index (χ4n) is 2.31. The molecule has 1 N–H and O–H groups in total. The molecule has 1 atom stereocenters. The number of nitrogens with one attached hydrogen (secondary N) is 1. The molecular weight excluding hydrogens is 254 g/mol. The highest BCUT2D eigenvalue weighted by molar-refractivity contribution is 7.15. The Morgan fingerprint density at radius 3 is 3.22 bits per heavy atom. The molecule has 1 aliphatic heterocycles. The first-order valence-electron chi connectivity index (χ1n) is 5.72. The average Bonchev–Trinajstić information content (AvgIpc) is 3.03. The molecule has 0 aliphatic carbocycles. The van der Waals surface area contributed by atoms with Gasteiger partial charge in [0, 0.05) is 25.0 Å². The van der Waals surface area contributed by atoms with Crippen LogP contribution in [0.15, 0.2) is 11.6 Å². The highest BCUT2D eigenvalue weighted by Gasteiger charge is 2.30. The summed E-state index contributed by atoms with van der Waals surface area (Å²) in [5, 5.41) is 16.3. The van der Waals surface area contributed by atoms with Crippen molar-refractivity contribution in [2.45, 2.75) is 12.5 Å². The highest BCUT2D eigenvalue weighted by Crippen LogP contribution is 2.31. The van der Waals surface area contributed by atoms with Gasteiger partial charge in [0.15, 0.2) is 0 Å². The van der Waals surface area contributed by atoms with Gasteiger partial charge in [0.25, 0.3) is 4.96 Å². The number of hydrogen-bond acceptors (Lipinski definition) is 6. The van der Waals surface area contributed by atoms with Crippen LogP contribution in [0.25, 0.3) is 4.96 Å². The van der Waals surface area contributed by atoms with Crippen molar-refractivity contribution in [3.8, 4) is 0 Å². The van der Waals surface area contributed by atoms with Crippen molar-refractivity contribution in [1.29, 1.82) is 0 Å². The van der Waals surface area contributed by atoms with E-state index in [2.05, 4.69) is 10.3 Å². The summed E-state index contributed by atoms with van der Waals surface area (Å²) in [6.45, 7) is 1.80. The summed E-state index contributed by atoms with van der Waals surface area (Å²) in [4.78, 5) is 17.8. The number of anilines is 1. The van der Waals surface area contributed by atoms with E-state index in [-0.39, 0.29) is 16.8 Å². The Kier molecular flexibility index (Phi) is 2.67. The molecule has 1 saturated heterocycles. The number of imidazole rings is 1. The van der Waals surface area contributed by atoms with Crippen LogP contribution in [-0.4, -0.2) is 40.5 Å². The molecule has 1 aliphatic rings. The lowest BCUT2D eigenvalue weighted by Crippen LogP contribution is -2.34. The van der Waals surface area contributed by atoms with Crippen molar-refractivity contribution in [1.82, 2.24) is 14.7 Å². The minimum atomic E-state index is -0.360. The van der Waals surface area contributed by atoms with Crippen LogP contribution in [-0.2, 0) is 0 Å². The Hall–Kier alpha value is -1.67. The van der Waals surface area contributed by atoms with Gasteiger partial charge in [0.1, 0.15) is 6.20 Å². The number of nitrogens with zero attached hydrogens (tertiary/aromatic N) is 4. The molecule has 8 heteroatoms. The molecule has 3 heterocycles. The van der Waals surface area contributed by atoms with Gasteiger partial charge < -0.3 is 20.3 Å². The van der Waals surface area contributed by atoms with Crippen LogP contribution >= 0.6 is 11.3 Å². The van der Waals surface area contributed by atoms with Gasteiger partial charge in [0.2, 0.25) is 5.82 Å². The number of aromatic nitrogens is 2. The summed E-state index contributed by atoms with van der Waals surface area (Å²) < 4.78 is 1.54. The quantitative estimate of drug-likeness (QED) is 0.666. The second-order valence-corrected chi connectivity index (χ2v) is 5.20. The molecule has 0 radical (unpaired) electrons. The van der Waals surface area contributed by atoms with Crippen LogP contribution in [0.5, 0.6) is 0 Å². The van der Waals surface area contributed by atoms with Crippen molar-refractivity contribution in [3.63, 3.8) is 0 Å². The maximum Gasteiger partial charge on any atom is 0.373 e. The zero-order chi connectivity index (χ0) is 12.7. The third kappa shape index (κ3) is 1.65. The Balaban J connectivity index is 2.06. The van der Waals surface area contributed by atoms with Crippen molar-refractivity contribution < 1.29 is 4.92 Å². The SMILES string of the molecule is CN(c1nc2sccn2c1[N+](=O)[O-])C1CCNC1. The van der Waals surface area contributed by atoms with Crippen LogP contribution in [0.4, 0.5) is 11.6 Å². The summed E-state index contributed by atoms with van der Waals surface area (Å²) in [7, 11) is 1.87. The molecule has 2 aromatic heterocycles. The smallest absolute Gasteiger partial charge is 0.358 e. The zero-order valence-electron chi connectivity index (χ0n) is 9.87. The van der Waals surface area contributed by atoms with E-state index < -0.39 is 0 Å². The molecule has 96 valence electrons. The number of nitro groups is 1. The highest BCUT2D eigenvalue weighted by atomic mass is 32.1. The molecule has 0 saturated carbocycles. The van der Waals surface area contributed by atoms with E-state index >= 15 is 0 Å². The number of thiazole rings is 1. The lowest BCUT2D eigenvalue weighted by Gasteiger charge is -2.22. The maximum absolute atomic E-state index is 11.2. The number of hydrogen-bond donors (Lipinski definition) is 1. The van der Waals surface area contributed by atoms with Gasteiger partial charge in [-0.25, -0.2) is 0 Å². The van der Waals surface area contributed by atoms with Gasteiger partial charge in [-0.1, -0.05) is 11.3 Å². The minimum Gasteiger partial charge on any atom is -0.358 e. The van der Waals surface area contributed by atoms with Crippen LogP contribution in [0.1, 0.15) is 6.42 Å². The minimum absolute atomic E-state index is 0.0562. The standard InChI is InChI=1S/C10H13N5O2S/c1-13(7-2-3-11-6-7)8-9(15(16)17)14-4-5-18-10(14)12-8/h4-5,7,11H,2-3,6H2,1H3. The van der Waals surface area contributed by atoms with E-state index in [0.29, 0.717) is 10.8 Å². The van der Waals surface area contributed by atoms with Crippen LogP contribution in [0.2, 0.25) is 0 Å². The molecule has 0 spiro atoms. The molecule has 0 bridgehead atoms. The summed E-state index contributed by atoms with van der Waals surface area (Å²) in [5.41, 5.74) is 0. The fraction of sp³-hybridized carbons (Fsp3) is 0.500. The molecular formula is C10H13N5O2S. The van der Waals surface area contributed by atoms with Gasteiger partial charge in [-0.3, -0.25) is 0 Å². The summed E-state index contributed by atoms with van der Waals surface area (Å²) in [6, 6.07) is 0.272. The van der Waals surface area contributed by atoms with E-state index in [1.54, 1.807) is 16.0 Å². The molecule has 7 nitrogen and oxygen atoms in total. The largest absolute Gasteiger partial charge is 0.373 e. The topological polar surface area (TPSA) is 75.7 Å². The molecule has 0 amide bonds. The van der Waals surface area contributed by atoms with Crippen molar-refractivity contribution >= 4 is 27.9 Å². The first-order chi connectivity index (χ1) is 8.68. The van der Waals surface area contributed by atoms with E-state index in [4.69, 9.17) is 0 Å².